The minimum Gasteiger partial charge on any atom is -0.455 e. The average molecular weight is 702 g/mol. The lowest BCUT2D eigenvalue weighted by atomic mass is 9.97. The molecular formula is C51H31N3O. The summed E-state index contributed by atoms with van der Waals surface area (Å²) < 4.78 is 6.66. The summed E-state index contributed by atoms with van der Waals surface area (Å²) in [5.74, 6) is 0. The van der Waals surface area contributed by atoms with Crippen LogP contribution in [0, 0.1) is 0 Å². The van der Waals surface area contributed by atoms with Crippen molar-refractivity contribution in [2.24, 2.45) is 0 Å². The maximum absolute atomic E-state index is 6.66. The quantitative estimate of drug-likeness (QED) is 0.168. The van der Waals surface area contributed by atoms with Crippen molar-refractivity contribution >= 4 is 54.6 Å². The lowest BCUT2D eigenvalue weighted by molar-refractivity contribution is 0.672. The van der Waals surface area contributed by atoms with E-state index in [-0.39, 0.29) is 0 Å². The minimum atomic E-state index is 0.849. The van der Waals surface area contributed by atoms with Crippen molar-refractivity contribution in [1.82, 2.24) is 15.0 Å². The molecule has 0 N–H and O–H groups in total. The molecule has 0 aliphatic rings. The second kappa shape index (κ2) is 12.6. The van der Waals surface area contributed by atoms with Gasteiger partial charge in [0.1, 0.15) is 11.2 Å². The van der Waals surface area contributed by atoms with E-state index in [9.17, 15) is 0 Å². The Morgan fingerprint density at radius 3 is 1.60 bits per heavy atom. The van der Waals surface area contributed by atoms with Crippen LogP contribution < -0.4 is 0 Å². The normalized spacial score (nSPS) is 11.6. The summed E-state index contributed by atoms with van der Waals surface area (Å²) in [6, 6.07) is 65.5. The van der Waals surface area contributed by atoms with Gasteiger partial charge >= 0.3 is 0 Å². The highest BCUT2D eigenvalue weighted by molar-refractivity contribution is 6.19. The molecule has 256 valence electrons. The Balaban J connectivity index is 0.992. The SMILES string of the molecule is c1ccc(-c2cccc(-c3nc4ccc(-c5ccc(-c6ccc7ccc8ccc(-c9ccccc9)nc8c7n6)cc5)cc4c4oc5ccccc5c34)c2)cc1. The summed E-state index contributed by atoms with van der Waals surface area (Å²) in [6.45, 7) is 0. The molecule has 11 aromatic rings. The molecule has 0 aliphatic heterocycles. The molecule has 4 heterocycles. The van der Waals surface area contributed by atoms with Gasteiger partial charge in [0.05, 0.1) is 39.0 Å². The van der Waals surface area contributed by atoms with Gasteiger partial charge in [-0.2, -0.15) is 0 Å². The van der Waals surface area contributed by atoms with Gasteiger partial charge in [-0.15, -0.1) is 0 Å². The summed E-state index contributed by atoms with van der Waals surface area (Å²) in [6.07, 6.45) is 0. The topological polar surface area (TPSA) is 51.8 Å². The van der Waals surface area contributed by atoms with E-state index in [4.69, 9.17) is 19.4 Å². The first-order chi connectivity index (χ1) is 27.2. The van der Waals surface area contributed by atoms with E-state index in [0.717, 1.165) is 105 Å². The van der Waals surface area contributed by atoms with Crippen LogP contribution in [0.2, 0.25) is 0 Å². The third-order valence-corrected chi connectivity index (χ3v) is 10.7. The third-order valence-electron chi connectivity index (χ3n) is 10.7. The monoisotopic (exact) mass is 701 g/mol. The second-order valence-electron chi connectivity index (χ2n) is 14.0. The van der Waals surface area contributed by atoms with Crippen molar-refractivity contribution in [2.45, 2.75) is 0 Å². The van der Waals surface area contributed by atoms with Crippen molar-refractivity contribution in [3.63, 3.8) is 0 Å². The predicted molar refractivity (Wildman–Crippen MR) is 227 cm³/mol. The molecule has 4 aromatic heterocycles. The summed E-state index contributed by atoms with van der Waals surface area (Å²) in [4.78, 5) is 15.6. The highest BCUT2D eigenvalue weighted by atomic mass is 16.3. The van der Waals surface area contributed by atoms with Gasteiger partial charge in [-0.05, 0) is 58.7 Å². The molecule has 0 atom stereocenters. The van der Waals surface area contributed by atoms with Crippen LogP contribution in [-0.4, -0.2) is 15.0 Å². The Kier molecular flexibility index (Phi) is 7.14. The molecule has 0 saturated carbocycles. The number of aromatic nitrogens is 3. The van der Waals surface area contributed by atoms with E-state index in [2.05, 4.69) is 152 Å². The number of pyridine rings is 3. The molecule has 7 aromatic carbocycles. The van der Waals surface area contributed by atoms with Crippen molar-refractivity contribution in [2.75, 3.05) is 0 Å². The van der Waals surface area contributed by atoms with Crippen molar-refractivity contribution in [3.05, 3.63) is 188 Å². The van der Waals surface area contributed by atoms with Crippen LogP contribution in [0.5, 0.6) is 0 Å². The first-order valence-corrected chi connectivity index (χ1v) is 18.5. The number of para-hydroxylation sites is 1. The second-order valence-corrected chi connectivity index (χ2v) is 14.0. The lowest BCUT2D eigenvalue weighted by Gasteiger charge is -2.11. The molecule has 0 unspecified atom stereocenters. The summed E-state index contributed by atoms with van der Waals surface area (Å²) >= 11 is 0. The van der Waals surface area contributed by atoms with Gasteiger partial charge < -0.3 is 4.42 Å². The van der Waals surface area contributed by atoms with Gasteiger partial charge in [-0.1, -0.05) is 152 Å². The van der Waals surface area contributed by atoms with Crippen LogP contribution in [-0.2, 0) is 0 Å². The number of furan rings is 1. The van der Waals surface area contributed by atoms with Gasteiger partial charge in [0, 0.05) is 38.2 Å². The molecule has 0 spiro atoms. The molecule has 0 fully saturated rings. The molecule has 0 saturated heterocycles. The van der Waals surface area contributed by atoms with Crippen molar-refractivity contribution < 1.29 is 4.42 Å². The Bertz CT molecular complexity index is 3240. The zero-order valence-electron chi connectivity index (χ0n) is 29.6. The number of fused-ring (bicyclic) bond motifs is 8. The maximum atomic E-state index is 6.66. The Labute approximate surface area is 317 Å². The van der Waals surface area contributed by atoms with E-state index >= 15 is 0 Å². The van der Waals surface area contributed by atoms with Gasteiger partial charge in [0.2, 0.25) is 0 Å². The zero-order valence-corrected chi connectivity index (χ0v) is 29.6. The van der Waals surface area contributed by atoms with E-state index < -0.39 is 0 Å². The van der Waals surface area contributed by atoms with Gasteiger partial charge in [-0.25, -0.2) is 15.0 Å². The van der Waals surface area contributed by atoms with Crippen LogP contribution in [0.15, 0.2) is 192 Å². The highest BCUT2D eigenvalue weighted by Gasteiger charge is 2.19. The molecule has 0 amide bonds. The Morgan fingerprint density at radius 1 is 0.345 bits per heavy atom. The summed E-state index contributed by atoms with van der Waals surface area (Å²) in [5.41, 5.74) is 14.9. The van der Waals surface area contributed by atoms with Crippen LogP contribution in [0.4, 0.5) is 0 Å². The fourth-order valence-corrected chi connectivity index (χ4v) is 7.86. The average Bonchev–Trinajstić information content (AvgIpc) is 3.66. The number of hydrogen-bond acceptors (Lipinski definition) is 4. The summed E-state index contributed by atoms with van der Waals surface area (Å²) in [5, 5.41) is 5.22. The van der Waals surface area contributed by atoms with Crippen LogP contribution in [0.25, 0.3) is 111 Å². The lowest BCUT2D eigenvalue weighted by Crippen LogP contribution is -1.91. The molecule has 4 nitrogen and oxygen atoms in total. The van der Waals surface area contributed by atoms with Gasteiger partial charge in [-0.3, -0.25) is 0 Å². The van der Waals surface area contributed by atoms with Crippen LogP contribution in [0.3, 0.4) is 0 Å². The number of nitrogens with zero attached hydrogens (tertiary/aromatic N) is 3. The smallest absolute Gasteiger partial charge is 0.147 e. The van der Waals surface area contributed by atoms with Gasteiger partial charge in [0.15, 0.2) is 0 Å². The maximum Gasteiger partial charge on any atom is 0.147 e. The first kappa shape index (κ1) is 31.1. The molecule has 55 heavy (non-hydrogen) atoms. The van der Waals surface area contributed by atoms with Gasteiger partial charge in [0.25, 0.3) is 0 Å². The zero-order chi connectivity index (χ0) is 36.3. The van der Waals surface area contributed by atoms with Crippen LogP contribution in [0.1, 0.15) is 0 Å². The highest BCUT2D eigenvalue weighted by Crippen LogP contribution is 2.41. The fourth-order valence-electron chi connectivity index (χ4n) is 7.86. The molecule has 0 radical (unpaired) electrons. The third kappa shape index (κ3) is 5.34. The van der Waals surface area contributed by atoms with E-state index in [1.165, 1.54) is 5.56 Å². The predicted octanol–water partition coefficient (Wildman–Crippen LogP) is 13.6. The van der Waals surface area contributed by atoms with E-state index in [0.29, 0.717) is 0 Å². The Hall–Kier alpha value is -7.43. The van der Waals surface area contributed by atoms with E-state index in [1.54, 1.807) is 0 Å². The first-order valence-electron chi connectivity index (χ1n) is 18.5. The molecular weight excluding hydrogens is 671 g/mol. The standard InChI is InChI=1S/C51H31N3O/c1-3-10-32(11-4-1)38-14-9-15-40(30-38)48-47-41-16-7-8-17-46(41)55-51(47)42-31-39(26-29-45(42)54-48)33-18-20-35(21-19-33)44-28-25-37-23-22-36-24-27-43(34-12-5-2-6-13-34)52-49(36)50(37)53-44/h1-31H. The summed E-state index contributed by atoms with van der Waals surface area (Å²) in [7, 11) is 0. The minimum absolute atomic E-state index is 0.849. The number of hydrogen-bond donors (Lipinski definition) is 0. The molecule has 4 heteroatoms. The van der Waals surface area contributed by atoms with Crippen molar-refractivity contribution in [3.8, 4) is 56.0 Å². The fraction of sp³-hybridized carbons (Fsp3) is 0. The molecule has 0 aliphatic carbocycles. The largest absolute Gasteiger partial charge is 0.455 e. The van der Waals surface area contributed by atoms with Crippen LogP contribution >= 0.6 is 0 Å². The number of rotatable bonds is 5. The van der Waals surface area contributed by atoms with Crippen molar-refractivity contribution in [1.29, 1.82) is 0 Å². The van der Waals surface area contributed by atoms with E-state index in [1.807, 2.05) is 36.4 Å². The molecule has 0 bridgehead atoms. The Morgan fingerprint density at radius 2 is 0.873 bits per heavy atom. The molecule has 11 rings (SSSR count). The number of benzene rings is 7.